The molecule has 0 unspecified atom stereocenters. The zero-order chi connectivity index (χ0) is 11.7. The van der Waals surface area contributed by atoms with Crippen molar-refractivity contribution in [1.82, 2.24) is 0 Å². The molecule has 16 heavy (non-hydrogen) atoms. The fourth-order valence-corrected chi connectivity index (χ4v) is 1.85. The zero-order valence-corrected chi connectivity index (χ0v) is 8.51. The van der Waals surface area contributed by atoms with Crippen LogP contribution < -0.4 is 5.73 Å². The van der Waals surface area contributed by atoms with Gasteiger partial charge in [-0.05, 0) is 18.9 Å². The fourth-order valence-electron chi connectivity index (χ4n) is 1.85. The maximum atomic E-state index is 13.4. The molecule has 0 amide bonds. The summed E-state index contributed by atoms with van der Waals surface area (Å²) in [6.07, 6.45) is 1.95. The smallest absolute Gasteiger partial charge is 0.164 e. The lowest BCUT2D eigenvalue weighted by Gasteiger charge is -2.19. The number of halogens is 3. The average molecular weight is 228 g/mol. The third kappa shape index (κ3) is 2.03. The van der Waals surface area contributed by atoms with Gasteiger partial charge in [0.15, 0.2) is 11.6 Å². The first-order valence-corrected chi connectivity index (χ1v) is 5.04. The first-order valence-electron chi connectivity index (χ1n) is 5.04. The first-order chi connectivity index (χ1) is 7.58. The summed E-state index contributed by atoms with van der Waals surface area (Å²) in [4.78, 5) is 4.02. The number of benzene rings is 1. The van der Waals surface area contributed by atoms with Crippen molar-refractivity contribution in [3.63, 3.8) is 0 Å². The molecule has 2 nitrogen and oxygen atoms in total. The number of nitrogens with two attached hydrogens (primary N) is 1. The number of nitrogens with zero attached hydrogens (tertiary/aromatic N) is 1. The first kappa shape index (κ1) is 11.0. The second-order valence-electron chi connectivity index (χ2n) is 3.82. The molecule has 0 bridgehead atoms. The van der Waals surface area contributed by atoms with Gasteiger partial charge in [-0.2, -0.15) is 0 Å². The zero-order valence-electron chi connectivity index (χ0n) is 8.51. The maximum absolute atomic E-state index is 13.4. The van der Waals surface area contributed by atoms with Crippen molar-refractivity contribution in [2.45, 2.75) is 25.3 Å². The molecule has 1 aromatic carbocycles. The van der Waals surface area contributed by atoms with E-state index in [1.54, 1.807) is 0 Å². The van der Waals surface area contributed by atoms with Gasteiger partial charge in [-0.3, -0.25) is 4.99 Å². The van der Waals surface area contributed by atoms with Crippen molar-refractivity contribution >= 4 is 5.84 Å². The van der Waals surface area contributed by atoms with Crippen molar-refractivity contribution in [3.05, 3.63) is 35.1 Å². The topological polar surface area (TPSA) is 38.4 Å². The third-order valence-corrected chi connectivity index (χ3v) is 2.61. The van der Waals surface area contributed by atoms with E-state index in [0.717, 1.165) is 12.5 Å². The quantitative estimate of drug-likeness (QED) is 0.737. The molecule has 1 atom stereocenters. The minimum Gasteiger partial charge on any atom is -0.387 e. The molecule has 0 aromatic heterocycles. The molecule has 1 aromatic rings. The Balaban J connectivity index is 2.43. The highest BCUT2D eigenvalue weighted by atomic mass is 19.2. The van der Waals surface area contributed by atoms with Gasteiger partial charge in [0.2, 0.25) is 0 Å². The summed E-state index contributed by atoms with van der Waals surface area (Å²) < 4.78 is 39.4. The Labute approximate surface area is 91.0 Å². The lowest BCUT2D eigenvalue weighted by atomic mass is 9.98. The second-order valence-corrected chi connectivity index (χ2v) is 3.82. The van der Waals surface area contributed by atoms with E-state index in [-0.39, 0.29) is 5.56 Å². The second kappa shape index (κ2) is 4.15. The van der Waals surface area contributed by atoms with Gasteiger partial charge >= 0.3 is 0 Å². The van der Waals surface area contributed by atoms with Crippen molar-refractivity contribution < 1.29 is 13.2 Å². The van der Waals surface area contributed by atoms with E-state index in [1.165, 1.54) is 0 Å². The maximum Gasteiger partial charge on any atom is 0.164 e. The van der Waals surface area contributed by atoms with Crippen LogP contribution in [-0.4, -0.2) is 5.84 Å². The molecule has 1 heterocycles. The Hall–Kier alpha value is -1.52. The molecule has 0 spiro atoms. The van der Waals surface area contributed by atoms with Crippen LogP contribution in [0.25, 0.3) is 0 Å². The SMILES string of the molecule is NC1=N[C@H](c2cc(F)cc(F)c2F)CCC1. The van der Waals surface area contributed by atoms with Crippen LogP contribution in [0.15, 0.2) is 17.1 Å². The van der Waals surface area contributed by atoms with Gasteiger partial charge in [0.1, 0.15) is 5.82 Å². The summed E-state index contributed by atoms with van der Waals surface area (Å²) in [7, 11) is 0. The van der Waals surface area contributed by atoms with E-state index in [0.29, 0.717) is 24.7 Å². The van der Waals surface area contributed by atoms with Crippen LogP contribution in [0.2, 0.25) is 0 Å². The van der Waals surface area contributed by atoms with E-state index in [1.807, 2.05) is 0 Å². The third-order valence-electron chi connectivity index (χ3n) is 2.61. The van der Waals surface area contributed by atoms with Crippen LogP contribution in [0.5, 0.6) is 0 Å². The Morgan fingerprint density at radius 1 is 1.25 bits per heavy atom. The Morgan fingerprint density at radius 3 is 2.69 bits per heavy atom. The van der Waals surface area contributed by atoms with Crippen molar-refractivity contribution in [3.8, 4) is 0 Å². The van der Waals surface area contributed by atoms with E-state index in [9.17, 15) is 13.2 Å². The van der Waals surface area contributed by atoms with E-state index in [2.05, 4.69) is 4.99 Å². The predicted molar refractivity (Wildman–Crippen MR) is 54.5 cm³/mol. The molecule has 1 aliphatic rings. The molecule has 86 valence electrons. The van der Waals surface area contributed by atoms with E-state index in [4.69, 9.17) is 5.73 Å². The molecule has 0 aliphatic carbocycles. The Bertz CT molecular complexity index is 443. The molecule has 5 heteroatoms. The molecule has 0 fully saturated rings. The summed E-state index contributed by atoms with van der Waals surface area (Å²) in [5, 5.41) is 0. The summed E-state index contributed by atoms with van der Waals surface area (Å²) in [5.41, 5.74) is 5.47. The number of rotatable bonds is 1. The van der Waals surface area contributed by atoms with Crippen LogP contribution in [0.3, 0.4) is 0 Å². The highest BCUT2D eigenvalue weighted by Crippen LogP contribution is 2.30. The Morgan fingerprint density at radius 2 is 2.00 bits per heavy atom. The molecule has 0 saturated heterocycles. The molecular formula is C11H11F3N2. The fraction of sp³-hybridized carbons (Fsp3) is 0.364. The van der Waals surface area contributed by atoms with Crippen LogP contribution in [0, 0.1) is 17.5 Å². The Kier molecular flexibility index (Phi) is 2.85. The number of hydrogen-bond acceptors (Lipinski definition) is 2. The van der Waals surface area contributed by atoms with Gasteiger partial charge in [0, 0.05) is 18.1 Å². The minimum absolute atomic E-state index is 0.0554. The van der Waals surface area contributed by atoms with Crippen molar-refractivity contribution in [2.75, 3.05) is 0 Å². The van der Waals surface area contributed by atoms with E-state index >= 15 is 0 Å². The number of hydrogen-bond donors (Lipinski definition) is 1. The number of aliphatic imine (C=N–C) groups is 1. The largest absolute Gasteiger partial charge is 0.387 e. The number of amidine groups is 1. The average Bonchev–Trinajstić information content (AvgIpc) is 2.23. The molecular weight excluding hydrogens is 217 g/mol. The summed E-state index contributed by atoms with van der Waals surface area (Å²) in [6.45, 7) is 0. The van der Waals surface area contributed by atoms with Gasteiger partial charge in [0.25, 0.3) is 0 Å². The molecule has 0 radical (unpaired) electrons. The summed E-state index contributed by atoms with van der Waals surface area (Å²) in [5.74, 6) is -2.62. The van der Waals surface area contributed by atoms with Gasteiger partial charge in [0.05, 0.1) is 11.9 Å². The monoisotopic (exact) mass is 228 g/mol. The predicted octanol–water partition coefficient (Wildman–Crippen LogP) is 2.69. The molecule has 1 aliphatic heterocycles. The lowest BCUT2D eigenvalue weighted by molar-refractivity contribution is 0.465. The molecule has 0 saturated carbocycles. The normalized spacial score (nSPS) is 20.7. The summed E-state index contributed by atoms with van der Waals surface area (Å²) in [6, 6.07) is 0.929. The van der Waals surface area contributed by atoms with Gasteiger partial charge in [-0.1, -0.05) is 0 Å². The lowest BCUT2D eigenvalue weighted by Crippen LogP contribution is -2.18. The van der Waals surface area contributed by atoms with Crippen LogP contribution >= 0.6 is 0 Å². The van der Waals surface area contributed by atoms with Gasteiger partial charge in [-0.15, -0.1) is 0 Å². The van der Waals surface area contributed by atoms with Gasteiger partial charge < -0.3 is 5.73 Å². The van der Waals surface area contributed by atoms with E-state index < -0.39 is 23.5 Å². The summed E-state index contributed by atoms with van der Waals surface area (Å²) >= 11 is 0. The van der Waals surface area contributed by atoms with Crippen LogP contribution in [-0.2, 0) is 0 Å². The highest BCUT2D eigenvalue weighted by molar-refractivity contribution is 5.81. The van der Waals surface area contributed by atoms with Crippen LogP contribution in [0.1, 0.15) is 30.9 Å². The van der Waals surface area contributed by atoms with Gasteiger partial charge in [-0.25, -0.2) is 13.2 Å². The standard InChI is InChI=1S/C11H11F3N2/c12-6-4-7(11(14)8(13)5-6)9-2-1-3-10(15)16-9/h4-5,9H,1-3H2,(H2,15,16)/t9-/m0/s1. The van der Waals surface area contributed by atoms with Crippen molar-refractivity contribution in [2.24, 2.45) is 10.7 Å². The highest BCUT2D eigenvalue weighted by Gasteiger charge is 2.21. The minimum atomic E-state index is -1.19. The molecule has 2 rings (SSSR count). The molecule has 2 N–H and O–H groups in total. The van der Waals surface area contributed by atoms with Crippen molar-refractivity contribution in [1.29, 1.82) is 0 Å². The van der Waals surface area contributed by atoms with Crippen LogP contribution in [0.4, 0.5) is 13.2 Å².